The molecule has 2 aromatic rings. The number of benzene rings is 1. The van der Waals surface area contributed by atoms with E-state index in [0.29, 0.717) is 5.56 Å². The Hall–Kier alpha value is -1.68. The maximum atomic E-state index is 11.4. The predicted molar refractivity (Wildman–Crippen MR) is 68.4 cm³/mol. The van der Waals surface area contributed by atoms with Crippen molar-refractivity contribution in [1.82, 2.24) is 4.98 Å². The first-order valence-corrected chi connectivity index (χ1v) is 6.06. The number of ether oxygens (including phenoxy) is 1. The van der Waals surface area contributed by atoms with E-state index in [-0.39, 0.29) is 5.97 Å². The van der Waals surface area contributed by atoms with Crippen molar-refractivity contribution in [2.24, 2.45) is 0 Å². The molecule has 17 heavy (non-hydrogen) atoms. The van der Waals surface area contributed by atoms with Crippen LogP contribution in [0.3, 0.4) is 0 Å². The van der Waals surface area contributed by atoms with Crippen LogP contribution in [-0.2, 0) is 4.74 Å². The highest BCUT2D eigenvalue weighted by Crippen LogP contribution is 2.27. The normalized spacial score (nSPS) is 10.3. The van der Waals surface area contributed by atoms with Gasteiger partial charge in [0.05, 0.1) is 18.4 Å². The Kier molecular flexibility index (Phi) is 3.24. The van der Waals surface area contributed by atoms with Crippen LogP contribution >= 0.6 is 11.3 Å². The molecule has 88 valence electrons. The second kappa shape index (κ2) is 4.67. The fourth-order valence-corrected chi connectivity index (χ4v) is 2.40. The van der Waals surface area contributed by atoms with Crippen molar-refractivity contribution in [1.29, 1.82) is 0 Å². The molecule has 0 saturated heterocycles. The molecule has 0 atom stereocenters. The molecule has 0 unspecified atom stereocenters. The number of aromatic nitrogens is 1. The van der Waals surface area contributed by atoms with E-state index in [1.807, 2.05) is 32.0 Å². The number of hydrogen-bond acceptors (Lipinski definition) is 4. The quantitative estimate of drug-likeness (QED) is 0.765. The molecule has 0 amide bonds. The number of carbonyl (C=O) groups excluding carboxylic acids is 1. The molecular weight excluding hydrogens is 234 g/mol. The summed E-state index contributed by atoms with van der Waals surface area (Å²) in [6, 6.07) is 7.34. The van der Waals surface area contributed by atoms with E-state index in [4.69, 9.17) is 4.74 Å². The lowest BCUT2D eigenvalue weighted by molar-refractivity contribution is 0.0601. The molecule has 1 aromatic carbocycles. The molecule has 0 aliphatic heterocycles. The highest BCUT2D eigenvalue weighted by Gasteiger charge is 2.10. The van der Waals surface area contributed by atoms with Gasteiger partial charge in [0.1, 0.15) is 5.01 Å². The fourth-order valence-electron chi connectivity index (χ4n) is 1.49. The Morgan fingerprint density at radius 1 is 1.35 bits per heavy atom. The highest BCUT2D eigenvalue weighted by atomic mass is 32.1. The average Bonchev–Trinajstić information content (AvgIpc) is 2.69. The Labute approximate surface area is 104 Å². The third-order valence-corrected chi connectivity index (χ3v) is 3.68. The molecule has 0 spiro atoms. The monoisotopic (exact) mass is 247 g/mol. The van der Waals surface area contributed by atoms with E-state index in [1.165, 1.54) is 12.0 Å². The predicted octanol–water partition coefficient (Wildman–Crippen LogP) is 3.21. The number of rotatable bonds is 2. The fraction of sp³-hybridized carbons (Fsp3) is 0.231. The van der Waals surface area contributed by atoms with E-state index < -0.39 is 0 Å². The minimum absolute atomic E-state index is 0.322. The zero-order chi connectivity index (χ0) is 12.4. The zero-order valence-corrected chi connectivity index (χ0v) is 10.8. The molecular formula is C13H13NO2S. The molecule has 0 N–H and O–H groups in total. The van der Waals surface area contributed by atoms with E-state index >= 15 is 0 Å². The summed E-state index contributed by atoms with van der Waals surface area (Å²) in [7, 11) is 1.38. The van der Waals surface area contributed by atoms with Gasteiger partial charge in [-0.25, -0.2) is 9.78 Å². The lowest BCUT2D eigenvalue weighted by Gasteiger charge is -2.01. The van der Waals surface area contributed by atoms with Gasteiger partial charge in [0.25, 0.3) is 0 Å². The number of esters is 1. The van der Waals surface area contributed by atoms with E-state index in [1.54, 1.807) is 17.4 Å². The van der Waals surface area contributed by atoms with Crippen LogP contribution in [0.1, 0.15) is 20.9 Å². The second-order valence-corrected chi connectivity index (χ2v) is 4.94. The molecule has 3 nitrogen and oxygen atoms in total. The van der Waals surface area contributed by atoms with Crippen molar-refractivity contribution < 1.29 is 9.53 Å². The third kappa shape index (κ3) is 2.36. The van der Waals surface area contributed by atoms with Gasteiger partial charge in [-0.3, -0.25) is 0 Å². The highest BCUT2D eigenvalue weighted by molar-refractivity contribution is 7.15. The van der Waals surface area contributed by atoms with Gasteiger partial charge >= 0.3 is 5.97 Å². The third-order valence-electron chi connectivity index (χ3n) is 2.56. The molecule has 4 heteroatoms. The van der Waals surface area contributed by atoms with Gasteiger partial charge in [-0.2, -0.15) is 0 Å². The molecule has 1 aromatic heterocycles. The Bertz CT molecular complexity index is 541. The largest absolute Gasteiger partial charge is 0.465 e. The molecule has 0 radical (unpaired) electrons. The van der Waals surface area contributed by atoms with Gasteiger partial charge in [0, 0.05) is 10.4 Å². The zero-order valence-electron chi connectivity index (χ0n) is 9.98. The van der Waals surface area contributed by atoms with Crippen molar-refractivity contribution in [3.63, 3.8) is 0 Å². The summed E-state index contributed by atoms with van der Waals surface area (Å²) in [6.07, 6.45) is 0. The summed E-state index contributed by atoms with van der Waals surface area (Å²) >= 11 is 1.63. The Morgan fingerprint density at radius 3 is 2.71 bits per heavy atom. The van der Waals surface area contributed by atoms with Gasteiger partial charge in [0.15, 0.2) is 0 Å². The van der Waals surface area contributed by atoms with Gasteiger partial charge < -0.3 is 4.74 Å². The minimum Gasteiger partial charge on any atom is -0.465 e. The van der Waals surface area contributed by atoms with Gasteiger partial charge in [-0.15, -0.1) is 11.3 Å². The average molecular weight is 247 g/mol. The number of carbonyl (C=O) groups is 1. The molecule has 1 heterocycles. The van der Waals surface area contributed by atoms with Crippen molar-refractivity contribution in [3.8, 4) is 10.6 Å². The summed E-state index contributed by atoms with van der Waals surface area (Å²) in [5.74, 6) is -0.322. The number of thiazole rings is 1. The number of nitrogens with zero attached hydrogens (tertiary/aromatic N) is 1. The molecule has 0 fully saturated rings. The molecule has 2 rings (SSSR count). The van der Waals surface area contributed by atoms with Gasteiger partial charge in [0.2, 0.25) is 0 Å². The summed E-state index contributed by atoms with van der Waals surface area (Å²) in [5, 5.41) is 0.936. The molecule has 0 aliphatic rings. The van der Waals surface area contributed by atoms with Crippen LogP contribution in [0.25, 0.3) is 10.6 Å². The first kappa shape index (κ1) is 11.8. The Balaban J connectivity index is 2.42. The summed E-state index contributed by atoms with van der Waals surface area (Å²) < 4.78 is 4.70. The summed E-state index contributed by atoms with van der Waals surface area (Å²) in [4.78, 5) is 17.1. The lowest BCUT2D eigenvalue weighted by atomic mass is 10.1. The number of aryl methyl sites for hydroxylation is 2. The van der Waals surface area contributed by atoms with Crippen molar-refractivity contribution >= 4 is 17.3 Å². The minimum atomic E-state index is -0.322. The van der Waals surface area contributed by atoms with Crippen LogP contribution in [0.2, 0.25) is 0 Å². The van der Waals surface area contributed by atoms with Crippen LogP contribution in [0.4, 0.5) is 0 Å². The van der Waals surface area contributed by atoms with E-state index in [2.05, 4.69) is 4.98 Å². The second-order valence-electron chi connectivity index (χ2n) is 3.73. The molecule has 0 aliphatic carbocycles. The first-order chi connectivity index (χ1) is 8.11. The number of hydrogen-bond donors (Lipinski definition) is 0. The van der Waals surface area contributed by atoms with Crippen molar-refractivity contribution in [2.75, 3.05) is 7.11 Å². The standard InChI is InChI=1S/C13H13NO2S/c1-8-9(2)17-12(14-8)10-5-4-6-11(7-10)13(15)16-3/h4-7H,1-3H3. The van der Waals surface area contributed by atoms with Crippen LogP contribution < -0.4 is 0 Å². The van der Waals surface area contributed by atoms with Crippen LogP contribution in [-0.4, -0.2) is 18.1 Å². The van der Waals surface area contributed by atoms with Crippen molar-refractivity contribution in [2.45, 2.75) is 13.8 Å². The Morgan fingerprint density at radius 2 is 2.12 bits per heavy atom. The van der Waals surface area contributed by atoms with Crippen molar-refractivity contribution in [3.05, 3.63) is 40.4 Å². The van der Waals surface area contributed by atoms with Gasteiger partial charge in [-0.05, 0) is 26.0 Å². The van der Waals surface area contributed by atoms with Gasteiger partial charge in [-0.1, -0.05) is 12.1 Å². The topological polar surface area (TPSA) is 39.2 Å². The summed E-state index contributed by atoms with van der Waals surface area (Å²) in [5.41, 5.74) is 2.54. The lowest BCUT2D eigenvalue weighted by Crippen LogP contribution is -2.00. The van der Waals surface area contributed by atoms with Crippen LogP contribution in [0.5, 0.6) is 0 Å². The number of methoxy groups -OCH3 is 1. The van der Waals surface area contributed by atoms with Crippen LogP contribution in [0.15, 0.2) is 24.3 Å². The maximum Gasteiger partial charge on any atom is 0.337 e. The van der Waals surface area contributed by atoms with E-state index in [0.717, 1.165) is 16.3 Å². The first-order valence-electron chi connectivity index (χ1n) is 5.24. The maximum absolute atomic E-state index is 11.4. The molecule has 0 saturated carbocycles. The van der Waals surface area contributed by atoms with Crippen LogP contribution in [0, 0.1) is 13.8 Å². The molecule has 0 bridgehead atoms. The smallest absolute Gasteiger partial charge is 0.337 e. The SMILES string of the molecule is COC(=O)c1cccc(-c2nc(C)c(C)s2)c1. The van der Waals surface area contributed by atoms with E-state index in [9.17, 15) is 4.79 Å². The summed E-state index contributed by atoms with van der Waals surface area (Å²) in [6.45, 7) is 4.03.